The molecule has 0 bridgehead atoms. The Morgan fingerprint density at radius 2 is 1.18 bits per heavy atom. The lowest BCUT2D eigenvalue weighted by Gasteiger charge is -2.36. The Balaban J connectivity index is 0.000000448. The van der Waals surface area contributed by atoms with Crippen molar-refractivity contribution in [3.63, 3.8) is 0 Å². The molecule has 31 heteroatoms. The predicted molar refractivity (Wildman–Crippen MR) is 461 cm³/mol. The predicted octanol–water partition coefficient (Wildman–Crippen LogP) is 23.8. The highest BCUT2D eigenvalue weighted by Gasteiger charge is 2.38. The molecule has 0 N–H and O–H groups in total. The lowest BCUT2D eigenvalue weighted by molar-refractivity contribution is -0.180. The first-order chi connectivity index (χ1) is 55.6. The highest BCUT2D eigenvalue weighted by atomic mass is 35.5. The maximum atomic E-state index is 13.3. The number of fused-ring (bicyclic) bond motifs is 1. The molecule has 648 valence electrons. The van der Waals surface area contributed by atoms with Crippen LogP contribution in [0.25, 0.3) is 10.1 Å². The lowest BCUT2D eigenvalue weighted by atomic mass is 9.85. The summed E-state index contributed by atoms with van der Waals surface area (Å²) in [4.78, 5) is 43.8. The maximum absolute atomic E-state index is 13.3. The van der Waals surface area contributed by atoms with Crippen molar-refractivity contribution in [2.45, 2.75) is 264 Å². The molecule has 10 aromatic rings. The molecule has 0 radical (unpaired) electrons. The van der Waals surface area contributed by atoms with Crippen LogP contribution in [0.5, 0.6) is 0 Å². The third-order valence-corrected chi connectivity index (χ3v) is 19.6. The van der Waals surface area contributed by atoms with Crippen LogP contribution in [0.15, 0.2) is 110 Å². The summed E-state index contributed by atoms with van der Waals surface area (Å²) in [5.41, 5.74) is 2.50. The number of hydrogen-bond donors (Lipinski definition) is 0. The van der Waals surface area contributed by atoms with Gasteiger partial charge in [-0.15, -0.1) is 5.10 Å². The second-order valence-corrected chi connectivity index (χ2v) is 37.4. The second kappa shape index (κ2) is 48.8. The number of aromatic nitrogens is 10. The number of oxazole rings is 1. The van der Waals surface area contributed by atoms with Crippen molar-refractivity contribution >= 4 is 62.3 Å². The number of benzene rings is 3. The molecule has 0 amide bonds. The molecule has 22 nitrogen and oxygen atoms in total. The second-order valence-electron chi connectivity index (χ2n) is 34.7. The molecule has 7 aromatic heterocycles. The van der Waals surface area contributed by atoms with Crippen LogP contribution in [-0.2, 0) is 31.2 Å². The van der Waals surface area contributed by atoms with Gasteiger partial charge < -0.3 is 23.0 Å². The summed E-state index contributed by atoms with van der Waals surface area (Å²) < 4.78 is 91.0. The number of nitriles is 5. The number of hydrogen-bond acceptors (Lipinski definition) is 23. The first kappa shape index (κ1) is 106. The number of aryl methyl sites for hydroxylation is 1. The molecular weight excluding hydrogens is 1620 g/mol. The standard InChI is InChI=1S/C10H10FN.C10H11NOS.C9H8F4.2C8H10ClN.C8H10N2O.C8H14N2.2C7H9N3O.C7H12N2S.C7H12O2/c1-7(2)9-5-3-4-8(6-12)10(9)11;1-7(2)11-10(12)8-5-3-4-6-9(8)13-11;1-4(2)7-8(12)5(10)3-6(11)9(7)13;1-6(2)7-5-10-4-3-8(7)9;1-6(2)7-3-4-8(9)10-5-7;1-8(2,3)6-5-10-7(4-9)11-6;1-7(2)8-3-4-10(5-8)6-9;1-7(2,3)6-10-9-5(4-8)11-6;1-7(2,3)6-9-5(4-8)11-10-6;1-5-8-6(9-10-5)7(2,3)4;1-7(2,3)5-4-6(8)9-5/h3-5,7H,1-2H3;3-7H,1-2H3;3-4H,1-2H3;2*3-6H,1-2H3;5H,1-3H3;7-8H,3-5H2,1-2H3;2*1-3H3;1-4H3;5H,4H2,1-3H3. The molecule has 120 heavy (non-hydrogen) atoms. The van der Waals surface area contributed by atoms with E-state index in [9.17, 15) is 31.5 Å². The summed E-state index contributed by atoms with van der Waals surface area (Å²) in [7, 11) is 0. The fourth-order valence-corrected chi connectivity index (χ4v) is 11.8. The Labute approximate surface area is 722 Å². The van der Waals surface area contributed by atoms with Gasteiger partial charge >= 0.3 is 23.6 Å². The Kier molecular flexibility index (Phi) is 43.0. The summed E-state index contributed by atoms with van der Waals surface area (Å²) in [6.07, 6.45) is 11.1. The molecule has 2 unspecified atom stereocenters. The molecule has 3 aromatic carbocycles. The normalized spacial score (nSPS) is 13.3. The number of likely N-dealkylation sites (tertiary alicyclic amines) is 1. The van der Waals surface area contributed by atoms with E-state index in [0.717, 1.165) is 62.2 Å². The summed E-state index contributed by atoms with van der Waals surface area (Å²) >= 11 is 14.5. The highest BCUT2D eigenvalue weighted by molar-refractivity contribution is 7.13. The van der Waals surface area contributed by atoms with Crippen LogP contribution in [0.1, 0.15) is 303 Å². The highest BCUT2D eigenvalue weighted by Crippen LogP contribution is 2.33. The molecule has 2 atom stereocenters. The van der Waals surface area contributed by atoms with Crippen molar-refractivity contribution in [3.8, 4) is 30.5 Å². The minimum absolute atomic E-state index is 0.0231. The van der Waals surface area contributed by atoms with E-state index in [1.165, 1.54) is 55.0 Å². The van der Waals surface area contributed by atoms with Crippen molar-refractivity contribution < 1.29 is 44.8 Å². The first-order valence-electron chi connectivity index (χ1n) is 38.9. The number of carbonyl (C=O) groups is 1. The zero-order chi connectivity index (χ0) is 91.7. The van der Waals surface area contributed by atoms with Crippen LogP contribution in [0.3, 0.4) is 0 Å². The van der Waals surface area contributed by atoms with Crippen molar-refractivity contribution in [2.75, 3.05) is 13.1 Å². The van der Waals surface area contributed by atoms with Gasteiger partial charge in [-0.05, 0) is 127 Å². The van der Waals surface area contributed by atoms with Crippen LogP contribution in [0.4, 0.5) is 22.0 Å². The zero-order valence-electron chi connectivity index (χ0n) is 74.2. The largest absolute Gasteiger partial charge is 0.461 e. The molecule has 2 saturated heterocycles. The average molecular weight is 1740 g/mol. The van der Waals surface area contributed by atoms with E-state index in [0.29, 0.717) is 40.7 Å². The number of esters is 1. The van der Waals surface area contributed by atoms with Crippen LogP contribution < -0.4 is 5.56 Å². The Bertz CT molecular complexity index is 4940. The van der Waals surface area contributed by atoms with Gasteiger partial charge in [-0.3, -0.25) is 18.5 Å². The van der Waals surface area contributed by atoms with Crippen molar-refractivity contribution in [2.24, 2.45) is 17.3 Å². The van der Waals surface area contributed by atoms with Crippen LogP contribution >= 0.6 is 46.3 Å². The number of pyridine rings is 2. The molecule has 0 spiro atoms. The van der Waals surface area contributed by atoms with Crippen molar-refractivity contribution in [1.29, 1.82) is 26.3 Å². The SMILES string of the molecule is CC(C)(C)C1CC(=O)O1.CC(C)(C)c1cnc(C#N)o1.CC(C)(C)c1nnc(C#N)o1.CC(C)(C)c1noc(C#N)n1.CC(C)C1CCN(C#N)C1.CC(C)c1c(F)c(F)cc(F)c1F.CC(C)c1ccc(Cl)nc1.CC(C)c1cccc(C#N)c1F.CC(C)c1cnccc1Cl.CC(C)n1sc2ccccc2c1=O.Cc1nc(C(C)(C)C)ns1. The zero-order valence-corrected chi connectivity index (χ0v) is 77.3. The van der Waals surface area contributed by atoms with Crippen LogP contribution in [-0.4, -0.2) is 78.7 Å². The van der Waals surface area contributed by atoms with E-state index in [-0.39, 0.29) is 91.8 Å². The lowest BCUT2D eigenvalue weighted by Crippen LogP contribution is -2.42. The van der Waals surface area contributed by atoms with E-state index < -0.39 is 34.8 Å². The monoisotopic (exact) mass is 1730 g/mol. The van der Waals surface area contributed by atoms with E-state index in [2.05, 4.69) is 138 Å². The van der Waals surface area contributed by atoms with Gasteiger partial charge in [0.05, 0.1) is 28.3 Å². The molecule has 9 heterocycles. The molecule has 2 fully saturated rings. The minimum Gasteiger partial charge on any atom is -0.461 e. The van der Waals surface area contributed by atoms with Gasteiger partial charge in [0.2, 0.25) is 5.89 Å². The Morgan fingerprint density at radius 3 is 1.52 bits per heavy atom. The minimum atomic E-state index is -1.36. The van der Waals surface area contributed by atoms with Gasteiger partial charge in [0.15, 0.2) is 53.5 Å². The number of ether oxygens (including phenoxy) is 1. The van der Waals surface area contributed by atoms with Gasteiger partial charge in [0, 0.05) is 76.0 Å². The number of nitrogens with zero attached hydrogens (tertiary/aromatic N) is 16. The first-order valence-corrected chi connectivity index (χ1v) is 41.2. The van der Waals surface area contributed by atoms with Crippen LogP contribution in [0.2, 0.25) is 10.2 Å². The topological polar surface area (TPSA) is 326 Å². The van der Waals surface area contributed by atoms with Gasteiger partial charge in [-0.1, -0.05) is 248 Å². The summed E-state index contributed by atoms with van der Waals surface area (Å²) in [5.74, 6) is -0.836. The van der Waals surface area contributed by atoms with Gasteiger partial charge in [0.1, 0.15) is 39.7 Å². The maximum Gasteiger partial charge on any atom is 0.329 e. The third kappa shape index (κ3) is 35.9. The van der Waals surface area contributed by atoms with Crippen LogP contribution in [0, 0.1) is 110 Å². The quantitative estimate of drug-likeness (QED) is 0.0491. The number of halogens is 7. The third-order valence-electron chi connectivity index (χ3n) is 17.1. The molecule has 0 aliphatic carbocycles. The van der Waals surface area contributed by atoms with E-state index in [1.54, 1.807) is 36.7 Å². The molecule has 2 aliphatic heterocycles. The summed E-state index contributed by atoms with van der Waals surface area (Å²) in [6.45, 7) is 57.9. The Morgan fingerprint density at radius 1 is 0.592 bits per heavy atom. The average Bonchev–Trinajstić information content (AvgIpc) is 1.60. The summed E-state index contributed by atoms with van der Waals surface area (Å²) in [5, 5.41) is 56.4. The van der Waals surface area contributed by atoms with E-state index in [4.69, 9.17) is 63.1 Å². The Hall–Kier alpha value is -10.4. The van der Waals surface area contributed by atoms with Gasteiger partial charge in [-0.2, -0.15) is 35.7 Å². The van der Waals surface area contributed by atoms with Crippen molar-refractivity contribution in [3.05, 3.63) is 215 Å². The molecular formula is C89H115Cl2F5N16O6S2. The smallest absolute Gasteiger partial charge is 0.329 e. The number of cyclic esters (lactones) is 1. The number of rotatable bonds is 6. The summed E-state index contributed by atoms with van der Waals surface area (Å²) in [6, 6.07) is 25.9. The van der Waals surface area contributed by atoms with E-state index >= 15 is 0 Å². The number of carbonyl (C=O) groups excluding carboxylic acids is 1. The van der Waals surface area contributed by atoms with E-state index in [1.807, 2.05) is 173 Å². The molecule has 12 rings (SSSR count). The fraction of sp³-hybridized carbons (Fsp3) is 0.506. The molecule has 2 aliphatic rings. The van der Waals surface area contributed by atoms with Gasteiger partial charge in [0.25, 0.3) is 5.56 Å². The fourth-order valence-electron chi connectivity index (χ4n) is 9.68. The van der Waals surface area contributed by atoms with Crippen molar-refractivity contribution in [1.82, 2.24) is 53.5 Å². The molecule has 0 saturated carbocycles. The van der Waals surface area contributed by atoms with Gasteiger partial charge in [-0.25, -0.2) is 36.9 Å².